The van der Waals surface area contributed by atoms with Crippen LogP contribution in [0.25, 0.3) is 10.2 Å². The number of anilines is 1. The average Bonchev–Trinajstić information content (AvgIpc) is 3.23. The van der Waals surface area contributed by atoms with E-state index in [-0.39, 0.29) is 11.8 Å². The molecule has 2 atom stereocenters. The highest BCUT2D eigenvalue weighted by Crippen LogP contribution is 2.48. The van der Waals surface area contributed by atoms with E-state index in [2.05, 4.69) is 38.4 Å². The van der Waals surface area contributed by atoms with Crippen LogP contribution in [-0.4, -0.2) is 10.9 Å². The van der Waals surface area contributed by atoms with Crippen molar-refractivity contribution in [1.82, 2.24) is 4.98 Å². The summed E-state index contributed by atoms with van der Waals surface area (Å²) in [7, 11) is 0. The monoisotopic (exact) mass is 372 g/mol. The predicted molar refractivity (Wildman–Crippen MR) is 93.2 cm³/mol. The maximum atomic E-state index is 12.3. The van der Waals surface area contributed by atoms with Gasteiger partial charge >= 0.3 is 0 Å². The Bertz CT molecular complexity index is 846. The van der Waals surface area contributed by atoms with Gasteiger partial charge in [-0.15, -0.1) is 0 Å². The summed E-state index contributed by atoms with van der Waals surface area (Å²) in [4.78, 5) is 16.8. The van der Waals surface area contributed by atoms with E-state index in [0.29, 0.717) is 11.0 Å². The van der Waals surface area contributed by atoms with Crippen molar-refractivity contribution in [1.29, 1.82) is 0 Å². The van der Waals surface area contributed by atoms with Gasteiger partial charge in [0.2, 0.25) is 5.91 Å². The summed E-state index contributed by atoms with van der Waals surface area (Å²) in [6.45, 7) is 0. The zero-order valence-electron chi connectivity index (χ0n) is 11.6. The number of carbonyl (C=O) groups excluding carboxylic acids is 1. The Morgan fingerprint density at radius 3 is 2.86 bits per heavy atom. The Morgan fingerprint density at radius 1 is 1.23 bits per heavy atom. The van der Waals surface area contributed by atoms with E-state index in [4.69, 9.17) is 0 Å². The van der Waals surface area contributed by atoms with Crippen LogP contribution in [0.1, 0.15) is 17.9 Å². The fourth-order valence-electron chi connectivity index (χ4n) is 2.70. The van der Waals surface area contributed by atoms with Crippen molar-refractivity contribution < 1.29 is 4.79 Å². The molecule has 1 aliphatic rings. The number of hydrogen-bond donors (Lipinski definition) is 1. The number of benzene rings is 2. The number of nitrogens with one attached hydrogen (secondary N) is 1. The average molecular weight is 373 g/mol. The summed E-state index contributed by atoms with van der Waals surface area (Å²) in [6, 6.07) is 16.2. The molecule has 1 aliphatic carbocycles. The summed E-state index contributed by atoms with van der Waals surface area (Å²) in [6.07, 6.45) is 0.923. The molecule has 0 saturated heterocycles. The lowest BCUT2D eigenvalue weighted by atomic mass is 10.1. The number of rotatable bonds is 3. The van der Waals surface area contributed by atoms with E-state index in [9.17, 15) is 4.79 Å². The Morgan fingerprint density at radius 2 is 2.05 bits per heavy atom. The van der Waals surface area contributed by atoms with Gasteiger partial charge in [-0.25, -0.2) is 4.98 Å². The molecule has 5 heteroatoms. The van der Waals surface area contributed by atoms with Gasteiger partial charge in [-0.05, 0) is 36.1 Å². The largest absolute Gasteiger partial charge is 0.302 e. The van der Waals surface area contributed by atoms with Crippen molar-refractivity contribution in [3.63, 3.8) is 0 Å². The molecular weight excluding hydrogens is 360 g/mol. The minimum atomic E-state index is 0.0705. The number of aromatic nitrogens is 1. The Labute approximate surface area is 140 Å². The summed E-state index contributed by atoms with van der Waals surface area (Å²) >= 11 is 4.96. The van der Waals surface area contributed by atoms with Crippen LogP contribution >= 0.6 is 27.3 Å². The molecule has 0 aliphatic heterocycles. The molecule has 3 aromatic rings. The highest BCUT2D eigenvalue weighted by Gasteiger charge is 2.44. The lowest BCUT2D eigenvalue weighted by molar-refractivity contribution is -0.117. The SMILES string of the molecule is O=C(Nc1nc2ccc(Br)cc2s1)[C@@H]1C[C@H]1c1ccccc1. The van der Waals surface area contributed by atoms with Crippen LogP contribution in [-0.2, 0) is 4.79 Å². The van der Waals surface area contributed by atoms with Gasteiger partial charge in [-0.2, -0.15) is 0 Å². The maximum Gasteiger partial charge on any atom is 0.229 e. The highest BCUT2D eigenvalue weighted by molar-refractivity contribution is 9.10. The van der Waals surface area contributed by atoms with Crippen LogP contribution < -0.4 is 5.32 Å². The van der Waals surface area contributed by atoms with Gasteiger partial charge in [0.25, 0.3) is 0 Å². The number of halogens is 1. The Balaban J connectivity index is 1.48. The molecule has 4 rings (SSSR count). The molecule has 1 aromatic heterocycles. The van der Waals surface area contributed by atoms with Crippen LogP contribution in [0.15, 0.2) is 53.0 Å². The number of fused-ring (bicyclic) bond motifs is 1. The van der Waals surface area contributed by atoms with Gasteiger partial charge in [0, 0.05) is 10.4 Å². The smallest absolute Gasteiger partial charge is 0.229 e. The van der Waals surface area contributed by atoms with Crippen molar-refractivity contribution in [3.05, 3.63) is 58.6 Å². The molecule has 0 unspecified atom stereocenters. The van der Waals surface area contributed by atoms with Crippen LogP contribution in [0.4, 0.5) is 5.13 Å². The third-order valence-corrected chi connectivity index (χ3v) is 5.36. The lowest BCUT2D eigenvalue weighted by Crippen LogP contribution is -2.14. The Hall–Kier alpha value is -1.72. The summed E-state index contributed by atoms with van der Waals surface area (Å²) < 4.78 is 2.09. The quantitative estimate of drug-likeness (QED) is 0.717. The molecule has 1 amide bonds. The van der Waals surface area contributed by atoms with Crippen LogP contribution in [0, 0.1) is 5.92 Å². The first-order chi connectivity index (χ1) is 10.7. The molecule has 2 aromatic carbocycles. The first kappa shape index (κ1) is 13.9. The third kappa shape index (κ3) is 2.66. The van der Waals surface area contributed by atoms with Gasteiger partial charge in [0.05, 0.1) is 10.2 Å². The van der Waals surface area contributed by atoms with E-state index in [0.717, 1.165) is 21.1 Å². The van der Waals surface area contributed by atoms with Gasteiger partial charge < -0.3 is 5.32 Å². The molecular formula is C17H13BrN2OS. The molecule has 0 spiro atoms. The summed E-state index contributed by atoms with van der Waals surface area (Å²) in [5.74, 6) is 0.498. The number of nitrogens with zero attached hydrogens (tertiary/aromatic N) is 1. The fourth-order valence-corrected chi connectivity index (χ4v) is 4.12. The van der Waals surface area contributed by atoms with Crippen molar-refractivity contribution >= 4 is 48.5 Å². The zero-order chi connectivity index (χ0) is 15.1. The van der Waals surface area contributed by atoms with Gasteiger partial charge in [-0.3, -0.25) is 4.79 Å². The van der Waals surface area contributed by atoms with Crippen molar-refractivity contribution in [3.8, 4) is 0 Å². The molecule has 0 bridgehead atoms. The van der Waals surface area contributed by atoms with Crippen LogP contribution in [0.3, 0.4) is 0 Å². The minimum Gasteiger partial charge on any atom is -0.302 e. The topological polar surface area (TPSA) is 42.0 Å². The molecule has 1 heterocycles. The van der Waals surface area contributed by atoms with E-state index < -0.39 is 0 Å². The predicted octanol–water partition coefficient (Wildman–Crippen LogP) is 4.80. The van der Waals surface area contributed by atoms with E-state index in [1.165, 1.54) is 16.9 Å². The third-order valence-electron chi connectivity index (χ3n) is 3.94. The molecule has 110 valence electrons. The molecule has 0 radical (unpaired) electrons. The Kier molecular flexibility index (Phi) is 3.47. The number of carbonyl (C=O) groups is 1. The minimum absolute atomic E-state index is 0.0705. The van der Waals surface area contributed by atoms with Gasteiger partial charge in [0.15, 0.2) is 5.13 Å². The summed E-state index contributed by atoms with van der Waals surface area (Å²) in [5.41, 5.74) is 2.16. The van der Waals surface area contributed by atoms with Crippen molar-refractivity contribution in [2.45, 2.75) is 12.3 Å². The van der Waals surface area contributed by atoms with Crippen LogP contribution in [0.2, 0.25) is 0 Å². The molecule has 1 saturated carbocycles. The molecule has 1 N–H and O–H groups in total. The van der Waals surface area contributed by atoms with Crippen molar-refractivity contribution in [2.75, 3.05) is 5.32 Å². The first-order valence-corrected chi connectivity index (χ1v) is 8.73. The lowest BCUT2D eigenvalue weighted by Gasteiger charge is -2.01. The number of hydrogen-bond acceptors (Lipinski definition) is 3. The normalized spacial score (nSPS) is 20.0. The molecule has 3 nitrogen and oxygen atoms in total. The number of thiazole rings is 1. The molecule has 22 heavy (non-hydrogen) atoms. The second-order valence-electron chi connectivity index (χ2n) is 5.48. The zero-order valence-corrected chi connectivity index (χ0v) is 14.0. The second-order valence-corrected chi connectivity index (χ2v) is 7.43. The molecule has 1 fully saturated rings. The van der Waals surface area contributed by atoms with Gasteiger partial charge in [-0.1, -0.05) is 57.6 Å². The van der Waals surface area contributed by atoms with E-state index in [1.54, 1.807) is 0 Å². The van der Waals surface area contributed by atoms with Crippen molar-refractivity contribution in [2.24, 2.45) is 5.92 Å². The van der Waals surface area contributed by atoms with E-state index in [1.807, 2.05) is 36.4 Å². The second kappa shape index (κ2) is 5.48. The first-order valence-electron chi connectivity index (χ1n) is 7.12. The fraction of sp³-hybridized carbons (Fsp3) is 0.176. The number of amides is 1. The maximum absolute atomic E-state index is 12.3. The van der Waals surface area contributed by atoms with Gasteiger partial charge in [0.1, 0.15) is 0 Å². The van der Waals surface area contributed by atoms with E-state index >= 15 is 0 Å². The highest BCUT2D eigenvalue weighted by atomic mass is 79.9. The summed E-state index contributed by atoms with van der Waals surface area (Å²) in [5, 5.41) is 3.64. The standard InChI is InChI=1S/C17H13BrN2OS/c18-11-6-7-14-15(8-11)22-17(19-14)20-16(21)13-9-12(13)10-4-2-1-3-5-10/h1-8,12-13H,9H2,(H,19,20,21)/t12-,13+/m0/s1. The van der Waals surface area contributed by atoms with Crippen LogP contribution in [0.5, 0.6) is 0 Å².